The van der Waals surface area contributed by atoms with Gasteiger partial charge in [-0.15, -0.1) is 0 Å². The van der Waals surface area contributed by atoms with Crippen molar-refractivity contribution in [3.05, 3.63) is 12.8 Å². The Morgan fingerprint density at radius 3 is 2.00 bits per heavy atom. The molecular formula is C12H22O4. The zero-order chi connectivity index (χ0) is 12.8. The Morgan fingerprint density at radius 2 is 1.69 bits per heavy atom. The second-order valence-electron chi connectivity index (χ2n) is 2.94. The van der Waals surface area contributed by atoms with Gasteiger partial charge in [0.25, 0.3) is 0 Å². The second-order valence-corrected chi connectivity index (χ2v) is 2.94. The van der Waals surface area contributed by atoms with Gasteiger partial charge in [0.15, 0.2) is 0 Å². The monoisotopic (exact) mass is 230 g/mol. The van der Waals surface area contributed by atoms with Crippen molar-refractivity contribution >= 4 is 11.9 Å². The van der Waals surface area contributed by atoms with Crippen LogP contribution in [-0.2, 0) is 19.1 Å². The quantitative estimate of drug-likeness (QED) is 0.400. The van der Waals surface area contributed by atoms with E-state index in [0.29, 0.717) is 19.4 Å². The number of carbonyl (C=O) groups is 2. The average Bonchev–Trinajstić information content (AvgIpc) is 2.30. The Hall–Kier alpha value is -1.32. The summed E-state index contributed by atoms with van der Waals surface area (Å²) in [6.07, 6.45) is 4.09. The third kappa shape index (κ3) is 15.2. The van der Waals surface area contributed by atoms with Crippen LogP contribution in [0, 0.1) is 0 Å². The van der Waals surface area contributed by atoms with Crippen molar-refractivity contribution in [3.63, 3.8) is 0 Å². The standard InChI is InChI=1S/C7H14O2.C5H8O2/c1-3-5-6-9-7(8)4-2;1-3-5(6)7-4-2/h3-6H2,1-2H3;4H,2-3H2,1H3. The van der Waals surface area contributed by atoms with Gasteiger partial charge in [-0.25, -0.2) is 0 Å². The molecule has 0 spiro atoms. The minimum absolute atomic E-state index is 0.0940. The highest BCUT2D eigenvalue weighted by Crippen LogP contribution is 1.90. The van der Waals surface area contributed by atoms with Crippen molar-refractivity contribution < 1.29 is 19.1 Å². The van der Waals surface area contributed by atoms with Crippen LogP contribution in [0.5, 0.6) is 0 Å². The molecule has 0 aromatic rings. The first-order valence-corrected chi connectivity index (χ1v) is 5.58. The molecule has 0 unspecified atom stereocenters. The molecule has 0 saturated heterocycles. The largest absolute Gasteiger partial charge is 0.466 e. The Bertz CT molecular complexity index is 199. The van der Waals surface area contributed by atoms with Gasteiger partial charge in [-0.05, 0) is 6.42 Å². The first-order chi connectivity index (χ1) is 7.62. The van der Waals surface area contributed by atoms with E-state index in [2.05, 4.69) is 18.2 Å². The molecule has 0 atom stereocenters. The zero-order valence-corrected chi connectivity index (χ0v) is 10.5. The topological polar surface area (TPSA) is 52.6 Å². The van der Waals surface area contributed by atoms with Gasteiger partial charge in [0.05, 0.1) is 12.9 Å². The Kier molecular flexibility index (Phi) is 14.6. The molecule has 0 bridgehead atoms. The van der Waals surface area contributed by atoms with E-state index in [1.165, 1.54) is 0 Å². The van der Waals surface area contributed by atoms with Crippen LogP contribution in [0.2, 0.25) is 0 Å². The molecule has 0 rings (SSSR count). The number of hydrogen-bond acceptors (Lipinski definition) is 4. The summed E-state index contributed by atoms with van der Waals surface area (Å²) in [6.45, 7) is 9.39. The Balaban J connectivity index is 0. The summed E-state index contributed by atoms with van der Waals surface area (Å²) in [6, 6.07) is 0. The molecule has 0 saturated carbocycles. The molecule has 94 valence electrons. The molecule has 0 amide bonds. The normalized spacial score (nSPS) is 8.44. The van der Waals surface area contributed by atoms with Gasteiger partial charge in [-0.1, -0.05) is 33.8 Å². The lowest BCUT2D eigenvalue weighted by atomic mass is 10.4. The van der Waals surface area contributed by atoms with Gasteiger partial charge in [-0.3, -0.25) is 9.59 Å². The van der Waals surface area contributed by atoms with Crippen molar-refractivity contribution in [2.45, 2.75) is 46.5 Å². The summed E-state index contributed by atoms with van der Waals surface area (Å²) in [7, 11) is 0. The van der Waals surface area contributed by atoms with Crippen LogP contribution in [0.4, 0.5) is 0 Å². The van der Waals surface area contributed by atoms with E-state index in [1.54, 1.807) is 13.8 Å². The van der Waals surface area contributed by atoms with Gasteiger partial charge in [-0.2, -0.15) is 0 Å². The number of hydrogen-bond donors (Lipinski definition) is 0. The van der Waals surface area contributed by atoms with Crippen LogP contribution in [0.15, 0.2) is 12.8 Å². The number of esters is 2. The van der Waals surface area contributed by atoms with Crippen molar-refractivity contribution in [2.24, 2.45) is 0 Å². The third-order valence-corrected chi connectivity index (χ3v) is 1.55. The zero-order valence-electron chi connectivity index (χ0n) is 10.5. The Labute approximate surface area is 97.6 Å². The number of rotatable bonds is 6. The molecule has 0 heterocycles. The highest BCUT2D eigenvalue weighted by molar-refractivity contribution is 5.69. The first-order valence-electron chi connectivity index (χ1n) is 5.58. The lowest BCUT2D eigenvalue weighted by molar-refractivity contribution is -0.143. The van der Waals surface area contributed by atoms with E-state index in [1.807, 2.05) is 0 Å². The molecular weight excluding hydrogens is 208 g/mol. The summed E-state index contributed by atoms with van der Waals surface area (Å²) in [5.74, 6) is -0.335. The summed E-state index contributed by atoms with van der Waals surface area (Å²) >= 11 is 0. The second kappa shape index (κ2) is 13.7. The van der Waals surface area contributed by atoms with Gasteiger partial charge in [0.2, 0.25) is 0 Å². The van der Waals surface area contributed by atoms with E-state index in [9.17, 15) is 9.59 Å². The predicted octanol–water partition coefficient (Wildman–Crippen LogP) is 2.82. The molecule has 0 fully saturated rings. The fourth-order valence-corrected chi connectivity index (χ4v) is 0.609. The van der Waals surface area contributed by atoms with Crippen LogP contribution < -0.4 is 0 Å². The van der Waals surface area contributed by atoms with Gasteiger partial charge < -0.3 is 9.47 Å². The van der Waals surface area contributed by atoms with E-state index in [4.69, 9.17) is 4.74 Å². The summed E-state index contributed by atoms with van der Waals surface area (Å²) < 4.78 is 9.11. The molecule has 16 heavy (non-hydrogen) atoms. The van der Waals surface area contributed by atoms with E-state index < -0.39 is 0 Å². The number of ether oxygens (including phenoxy) is 2. The maximum absolute atomic E-state index is 10.5. The minimum Gasteiger partial charge on any atom is -0.466 e. The SMILES string of the molecule is C=COC(=O)CC.CCCCOC(=O)CC. The predicted molar refractivity (Wildman–Crippen MR) is 62.7 cm³/mol. The molecule has 0 N–H and O–H groups in total. The van der Waals surface area contributed by atoms with Gasteiger partial charge >= 0.3 is 11.9 Å². The molecule has 0 aromatic heterocycles. The van der Waals surface area contributed by atoms with E-state index in [0.717, 1.165) is 19.1 Å². The van der Waals surface area contributed by atoms with Crippen LogP contribution in [0.1, 0.15) is 46.5 Å². The molecule has 4 nitrogen and oxygen atoms in total. The van der Waals surface area contributed by atoms with Crippen LogP contribution in [0.3, 0.4) is 0 Å². The van der Waals surface area contributed by atoms with Crippen LogP contribution in [-0.4, -0.2) is 18.5 Å². The number of unbranched alkanes of at least 4 members (excludes halogenated alkanes) is 1. The summed E-state index contributed by atoms with van der Waals surface area (Å²) in [4.78, 5) is 20.6. The van der Waals surface area contributed by atoms with Gasteiger partial charge in [0, 0.05) is 12.8 Å². The van der Waals surface area contributed by atoms with Gasteiger partial charge in [0.1, 0.15) is 0 Å². The summed E-state index contributed by atoms with van der Waals surface area (Å²) in [5, 5.41) is 0. The molecule has 0 radical (unpaired) electrons. The van der Waals surface area contributed by atoms with Crippen molar-refractivity contribution in [2.75, 3.05) is 6.61 Å². The minimum atomic E-state index is -0.241. The van der Waals surface area contributed by atoms with Crippen LogP contribution >= 0.6 is 0 Å². The fourth-order valence-electron chi connectivity index (χ4n) is 0.609. The lowest BCUT2D eigenvalue weighted by Crippen LogP contribution is -2.02. The first kappa shape index (κ1) is 17.1. The molecule has 0 aliphatic carbocycles. The molecule has 0 aliphatic heterocycles. The van der Waals surface area contributed by atoms with Crippen molar-refractivity contribution in [1.29, 1.82) is 0 Å². The highest BCUT2D eigenvalue weighted by Gasteiger charge is 1.94. The third-order valence-electron chi connectivity index (χ3n) is 1.55. The molecule has 4 heteroatoms. The highest BCUT2D eigenvalue weighted by atomic mass is 16.5. The summed E-state index contributed by atoms with van der Waals surface area (Å²) in [5.41, 5.74) is 0. The van der Waals surface area contributed by atoms with Crippen molar-refractivity contribution in [1.82, 2.24) is 0 Å². The van der Waals surface area contributed by atoms with Crippen LogP contribution in [0.25, 0.3) is 0 Å². The number of carbonyl (C=O) groups excluding carboxylic acids is 2. The maximum atomic E-state index is 10.5. The fraction of sp³-hybridized carbons (Fsp3) is 0.667. The smallest absolute Gasteiger partial charge is 0.310 e. The van der Waals surface area contributed by atoms with Crippen molar-refractivity contribution in [3.8, 4) is 0 Å². The maximum Gasteiger partial charge on any atom is 0.310 e. The molecule has 0 aliphatic rings. The van der Waals surface area contributed by atoms with E-state index >= 15 is 0 Å². The molecule has 0 aromatic carbocycles. The average molecular weight is 230 g/mol. The van der Waals surface area contributed by atoms with E-state index in [-0.39, 0.29) is 11.9 Å². The lowest BCUT2D eigenvalue weighted by Gasteiger charge is -1.99. The Morgan fingerprint density at radius 1 is 1.12 bits per heavy atom.